The Balaban J connectivity index is 2.81. The number of rotatable bonds is 7. The van der Waals surface area contributed by atoms with Gasteiger partial charge in [0.1, 0.15) is 5.54 Å². The van der Waals surface area contributed by atoms with Crippen LogP contribution in [0.25, 0.3) is 0 Å². The van der Waals surface area contributed by atoms with E-state index in [1.54, 1.807) is 0 Å². The maximum atomic E-state index is 12.2. The van der Waals surface area contributed by atoms with E-state index in [-0.39, 0.29) is 5.92 Å². The second-order valence-electron chi connectivity index (χ2n) is 5.54. The molecule has 1 amide bonds. The van der Waals surface area contributed by atoms with Crippen molar-refractivity contribution in [3.8, 4) is 0 Å². The minimum absolute atomic E-state index is 0.179. The summed E-state index contributed by atoms with van der Waals surface area (Å²) >= 11 is 0. The largest absolute Gasteiger partial charge is 0.481 e. The Bertz CT molecular complexity index is 347. The van der Waals surface area contributed by atoms with Crippen LogP contribution in [0.4, 0.5) is 0 Å². The van der Waals surface area contributed by atoms with Gasteiger partial charge in [-0.25, -0.2) is 0 Å². The van der Waals surface area contributed by atoms with Crippen LogP contribution in [0.5, 0.6) is 0 Å². The van der Waals surface area contributed by atoms with Gasteiger partial charge in [0.05, 0.1) is 31.7 Å². The van der Waals surface area contributed by atoms with Crippen molar-refractivity contribution in [1.29, 1.82) is 0 Å². The first-order valence-corrected chi connectivity index (χ1v) is 6.80. The zero-order valence-corrected chi connectivity index (χ0v) is 11.6. The summed E-state index contributed by atoms with van der Waals surface area (Å²) in [5.74, 6) is -2.82. The molecule has 0 bridgehead atoms. The van der Waals surface area contributed by atoms with Gasteiger partial charge in [-0.1, -0.05) is 13.3 Å². The normalized spacial score (nSPS) is 26.5. The molecule has 1 aliphatic rings. The third-order valence-corrected chi connectivity index (χ3v) is 4.19. The number of hydrogen-bond acceptors (Lipinski definition) is 5. The third kappa shape index (κ3) is 3.47. The molecule has 3 atom stereocenters. The van der Waals surface area contributed by atoms with Crippen LogP contribution in [0, 0.1) is 17.8 Å². The second-order valence-corrected chi connectivity index (χ2v) is 5.54. The maximum Gasteiger partial charge on any atom is 0.307 e. The quantitative estimate of drug-likeness (QED) is 0.407. The predicted octanol–water partition coefficient (Wildman–Crippen LogP) is -1.04. The smallest absolute Gasteiger partial charge is 0.307 e. The summed E-state index contributed by atoms with van der Waals surface area (Å²) < 4.78 is 0. The first-order valence-electron chi connectivity index (χ1n) is 6.80. The Morgan fingerprint density at radius 2 is 1.60 bits per heavy atom. The monoisotopic (exact) mass is 289 g/mol. The van der Waals surface area contributed by atoms with Crippen molar-refractivity contribution in [2.75, 3.05) is 19.8 Å². The fourth-order valence-corrected chi connectivity index (χ4v) is 2.66. The molecular formula is C13H23NO6. The number of aliphatic hydroxyl groups is 3. The van der Waals surface area contributed by atoms with E-state index in [9.17, 15) is 30.0 Å². The molecule has 1 unspecified atom stereocenters. The summed E-state index contributed by atoms with van der Waals surface area (Å²) in [6, 6.07) is 0. The molecule has 0 saturated heterocycles. The molecule has 1 rings (SSSR count). The van der Waals surface area contributed by atoms with Crippen LogP contribution >= 0.6 is 0 Å². The molecule has 1 aliphatic carbocycles. The summed E-state index contributed by atoms with van der Waals surface area (Å²) in [4.78, 5) is 23.4. The molecule has 1 fully saturated rings. The Morgan fingerprint density at radius 1 is 1.10 bits per heavy atom. The van der Waals surface area contributed by atoms with E-state index in [4.69, 9.17) is 0 Å². The van der Waals surface area contributed by atoms with Crippen molar-refractivity contribution in [2.45, 2.75) is 31.7 Å². The minimum Gasteiger partial charge on any atom is -0.481 e. The number of amides is 1. The van der Waals surface area contributed by atoms with Crippen molar-refractivity contribution in [3.05, 3.63) is 0 Å². The van der Waals surface area contributed by atoms with Crippen LogP contribution < -0.4 is 5.32 Å². The molecule has 0 aliphatic heterocycles. The molecule has 7 heteroatoms. The molecule has 0 aromatic carbocycles. The molecule has 1 saturated carbocycles. The van der Waals surface area contributed by atoms with Crippen LogP contribution in [-0.4, -0.2) is 57.7 Å². The Hall–Kier alpha value is -1.18. The van der Waals surface area contributed by atoms with E-state index < -0.39 is 49.1 Å². The molecule has 20 heavy (non-hydrogen) atoms. The van der Waals surface area contributed by atoms with Crippen molar-refractivity contribution in [2.24, 2.45) is 17.8 Å². The van der Waals surface area contributed by atoms with E-state index in [0.717, 1.165) is 6.42 Å². The molecule has 0 spiro atoms. The van der Waals surface area contributed by atoms with Gasteiger partial charge in [-0.2, -0.15) is 0 Å². The molecule has 0 aromatic rings. The minimum atomic E-state index is -1.51. The van der Waals surface area contributed by atoms with E-state index in [2.05, 4.69) is 5.32 Å². The van der Waals surface area contributed by atoms with Gasteiger partial charge in [-0.15, -0.1) is 0 Å². The number of hydrogen-bond donors (Lipinski definition) is 5. The highest BCUT2D eigenvalue weighted by molar-refractivity contribution is 5.85. The highest BCUT2D eigenvalue weighted by Crippen LogP contribution is 2.38. The van der Waals surface area contributed by atoms with Crippen LogP contribution in [0.15, 0.2) is 0 Å². The zero-order chi connectivity index (χ0) is 15.3. The lowest BCUT2D eigenvalue weighted by atomic mass is 9.93. The second kappa shape index (κ2) is 7.01. The average molecular weight is 289 g/mol. The SMILES string of the molecule is CCC1C[C@H](C(=O)NC(CO)(CO)CO)[C@H](C(=O)O)C1. The van der Waals surface area contributed by atoms with Gasteiger partial charge in [0.15, 0.2) is 0 Å². The highest BCUT2D eigenvalue weighted by Gasteiger charge is 2.44. The standard InChI is InChI=1S/C13H23NO6/c1-2-8-3-9(10(4-8)12(19)20)11(18)14-13(5-15,6-16)7-17/h8-10,15-17H,2-7H2,1H3,(H,14,18)(H,19,20)/t8?,9-,10+/m0/s1. The number of nitrogens with one attached hydrogen (secondary N) is 1. The van der Waals surface area contributed by atoms with E-state index >= 15 is 0 Å². The van der Waals surface area contributed by atoms with Crippen molar-refractivity contribution in [1.82, 2.24) is 5.32 Å². The van der Waals surface area contributed by atoms with Crippen molar-refractivity contribution >= 4 is 11.9 Å². The van der Waals surface area contributed by atoms with Crippen LogP contribution in [0.2, 0.25) is 0 Å². The molecule has 0 heterocycles. The number of carboxylic acid groups (broad SMARTS) is 1. The zero-order valence-electron chi connectivity index (χ0n) is 11.6. The Kier molecular flexibility index (Phi) is 5.91. The molecule has 0 radical (unpaired) electrons. The lowest BCUT2D eigenvalue weighted by Gasteiger charge is -2.30. The van der Waals surface area contributed by atoms with Crippen LogP contribution in [-0.2, 0) is 9.59 Å². The van der Waals surface area contributed by atoms with Gasteiger partial charge >= 0.3 is 5.97 Å². The van der Waals surface area contributed by atoms with E-state index in [1.807, 2.05) is 6.92 Å². The first-order chi connectivity index (χ1) is 9.42. The fourth-order valence-electron chi connectivity index (χ4n) is 2.66. The molecular weight excluding hydrogens is 266 g/mol. The van der Waals surface area contributed by atoms with E-state index in [1.165, 1.54) is 0 Å². The lowest BCUT2D eigenvalue weighted by Crippen LogP contribution is -2.58. The van der Waals surface area contributed by atoms with Crippen LogP contribution in [0.1, 0.15) is 26.2 Å². The number of aliphatic carboxylic acids is 1. The molecule has 5 N–H and O–H groups in total. The van der Waals surface area contributed by atoms with Gasteiger partial charge in [0.2, 0.25) is 5.91 Å². The van der Waals surface area contributed by atoms with Gasteiger partial charge in [0.25, 0.3) is 0 Å². The summed E-state index contributed by atoms with van der Waals surface area (Å²) in [5.41, 5.74) is -1.51. The number of carbonyl (C=O) groups excluding carboxylic acids is 1. The molecule has 7 nitrogen and oxygen atoms in total. The number of aliphatic hydroxyl groups excluding tert-OH is 3. The average Bonchev–Trinajstić information content (AvgIpc) is 2.89. The highest BCUT2D eigenvalue weighted by atomic mass is 16.4. The molecule has 0 aromatic heterocycles. The third-order valence-electron chi connectivity index (χ3n) is 4.19. The van der Waals surface area contributed by atoms with Gasteiger partial charge in [0, 0.05) is 0 Å². The fraction of sp³-hybridized carbons (Fsp3) is 0.846. The van der Waals surface area contributed by atoms with Gasteiger partial charge in [-0.05, 0) is 18.8 Å². The Labute approximate surface area is 117 Å². The van der Waals surface area contributed by atoms with E-state index in [0.29, 0.717) is 12.8 Å². The summed E-state index contributed by atoms with van der Waals surface area (Å²) in [6.07, 6.45) is 1.73. The van der Waals surface area contributed by atoms with Crippen molar-refractivity contribution < 1.29 is 30.0 Å². The number of carbonyl (C=O) groups is 2. The van der Waals surface area contributed by atoms with Gasteiger partial charge < -0.3 is 25.7 Å². The summed E-state index contributed by atoms with van der Waals surface area (Å²) in [6.45, 7) is 0.0948. The molecule has 116 valence electrons. The predicted molar refractivity (Wildman–Crippen MR) is 69.8 cm³/mol. The maximum absolute atomic E-state index is 12.2. The number of carboxylic acids is 1. The Morgan fingerprint density at radius 3 is 2.00 bits per heavy atom. The summed E-state index contributed by atoms with van der Waals surface area (Å²) in [7, 11) is 0. The van der Waals surface area contributed by atoms with Crippen LogP contribution in [0.3, 0.4) is 0 Å². The topological polar surface area (TPSA) is 127 Å². The lowest BCUT2D eigenvalue weighted by molar-refractivity contribution is -0.147. The van der Waals surface area contributed by atoms with Crippen molar-refractivity contribution in [3.63, 3.8) is 0 Å². The first kappa shape index (κ1) is 16.9. The van der Waals surface area contributed by atoms with Gasteiger partial charge in [-0.3, -0.25) is 9.59 Å². The summed E-state index contributed by atoms with van der Waals surface area (Å²) in [5, 5.41) is 39.2.